The van der Waals surface area contributed by atoms with Gasteiger partial charge in [0, 0.05) is 18.8 Å². The van der Waals surface area contributed by atoms with Crippen molar-refractivity contribution in [3.63, 3.8) is 0 Å². The van der Waals surface area contributed by atoms with Gasteiger partial charge in [-0.25, -0.2) is 0 Å². The molecule has 1 aromatic heterocycles. The molecule has 17 heavy (non-hydrogen) atoms. The molecule has 1 rings (SSSR count). The van der Waals surface area contributed by atoms with Gasteiger partial charge in [-0.15, -0.1) is 0 Å². The first kappa shape index (κ1) is 14.2. The highest BCUT2D eigenvalue weighted by Gasteiger charge is 2.06. The van der Waals surface area contributed by atoms with Gasteiger partial charge in [0.1, 0.15) is 0 Å². The van der Waals surface area contributed by atoms with Crippen molar-refractivity contribution >= 4 is 0 Å². The third-order valence-electron chi connectivity index (χ3n) is 3.60. The number of hydrogen-bond donors (Lipinski definition) is 1. The average molecular weight is 237 g/mol. The summed E-state index contributed by atoms with van der Waals surface area (Å²) in [5.74, 6) is 0.798. The van der Waals surface area contributed by atoms with Gasteiger partial charge in [0.2, 0.25) is 0 Å². The highest BCUT2D eigenvalue weighted by Crippen LogP contribution is 2.09. The van der Waals surface area contributed by atoms with Crippen LogP contribution in [0.25, 0.3) is 0 Å². The largest absolute Gasteiger partial charge is 0.311 e. The first-order valence-electron chi connectivity index (χ1n) is 6.95. The first-order valence-corrected chi connectivity index (χ1v) is 6.95. The maximum atomic E-state index is 4.58. The van der Waals surface area contributed by atoms with Crippen molar-refractivity contribution in [2.24, 2.45) is 5.92 Å². The summed E-state index contributed by atoms with van der Waals surface area (Å²) in [6.45, 7) is 10.9. The van der Waals surface area contributed by atoms with E-state index in [0.29, 0.717) is 6.04 Å². The molecule has 0 radical (unpaired) electrons. The van der Waals surface area contributed by atoms with Crippen LogP contribution in [0.5, 0.6) is 0 Å². The second-order valence-electron chi connectivity index (χ2n) is 4.86. The maximum Gasteiger partial charge on any atom is 0.0762 e. The molecule has 0 fully saturated rings. The molecule has 1 unspecified atom stereocenters. The molecule has 0 bridgehead atoms. The highest BCUT2D eigenvalue weighted by molar-refractivity contribution is 4.99. The second kappa shape index (κ2) is 7.49. The van der Waals surface area contributed by atoms with Gasteiger partial charge < -0.3 is 5.32 Å². The number of nitrogens with one attached hydrogen (secondary N) is 1. The normalized spacial score (nSPS) is 13.2. The van der Waals surface area contributed by atoms with Crippen LogP contribution in [0, 0.1) is 5.92 Å². The lowest BCUT2D eigenvalue weighted by Crippen LogP contribution is -2.22. The van der Waals surface area contributed by atoms with Crippen LogP contribution < -0.4 is 5.32 Å². The summed E-state index contributed by atoms with van der Waals surface area (Å²) in [5.41, 5.74) is 1.15. The summed E-state index contributed by atoms with van der Waals surface area (Å²) >= 11 is 0. The van der Waals surface area contributed by atoms with E-state index in [9.17, 15) is 0 Å². The fourth-order valence-corrected chi connectivity index (χ4v) is 1.89. The van der Waals surface area contributed by atoms with Gasteiger partial charge in [0.25, 0.3) is 0 Å². The summed E-state index contributed by atoms with van der Waals surface area (Å²) < 4.78 is 2.06. The van der Waals surface area contributed by atoms with Crippen molar-refractivity contribution < 1.29 is 0 Å². The van der Waals surface area contributed by atoms with Gasteiger partial charge in [-0.2, -0.15) is 5.10 Å². The Balaban J connectivity index is 2.34. The predicted molar refractivity (Wildman–Crippen MR) is 73.0 cm³/mol. The van der Waals surface area contributed by atoms with Crippen LogP contribution in [0.2, 0.25) is 0 Å². The molecule has 0 aliphatic carbocycles. The summed E-state index contributed by atoms with van der Waals surface area (Å²) in [5, 5.41) is 8.08. The standard InChI is InChI=1S/C14H27N3/c1-5-12(4)17-9-8-14(16-17)11-15-10-13(6-2)7-3/h8-9,12-13,15H,5-7,10-11H2,1-4H3. The van der Waals surface area contributed by atoms with Gasteiger partial charge in [-0.3, -0.25) is 4.68 Å². The monoisotopic (exact) mass is 237 g/mol. The van der Waals surface area contributed by atoms with Crippen LogP contribution in [-0.4, -0.2) is 16.3 Å². The highest BCUT2D eigenvalue weighted by atomic mass is 15.3. The van der Waals surface area contributed by atoms with Gasteiger partial charge in [-0.1, -0.05) is 33.6 Å². The first-order chi connectivity index (χ1) is 8.21. The van der Waals surface area contributed by atoms with Crippen molar-refractivity contribution in [2.45, 2.75) is 59.5 Å². The minimum atomic E-state index is 0.503. The van der Waals surface area contributed by atoms with Crippen LogP contribution in [0.4, 0.5) is 0 Å². The molecule has 0 aliphatic heterocycles. The molecule has 1 atom stereocenters. The van der Waals surface area contributed by atoms with Crippen molar-refractivity contribution in [3.05, 3.63) is 18.0 Å². The predicted octanol–water partition coefficient (Wildman–Crippen LogP) is 3.38. The zero-order chi connectivity index (χ0) is 12.7. The molecule has 3 heteroatoms. The van der Waals surface area contributed by atoms with Gasteiger partial charge in [0.15, 0.2) is 0 Å². The molecule has 98 valence electrons. The summed E-state index contributed by atoms with van der Waals surface area (Å²) in [6.07, 6.45) is 5.72. The lowest BCUT2D eigenvalue weighted by atomic mass is 10.0. The number of hydrogen-bond acceptors (Lipinski definition) is 2. The molecule has 0 aromatic carbocycles. The van der Waals surface area contributed by atoms with E-state index in [4.69, 9.17) is 0 Å². The SMILES string of the molecule is CCC(CC)CNCc1ccn(C(C)CC)n1. The Labute approximate surface area is 106 Å². The van der Waals surface area contributed by atoms with Crippen molar-refractivity contribution in [1.29, 1.82) is 0 Å². The molecule has 0 aliphatic rings. The van der Waals surface area contributed by atoms with Crippen LogP contribution in [0.3, 0.4) is 0 Å². The Bertz CT molecular complexity index is 302. The molecular formula is C14H27N3. The Kier molecular flexibility index (Phi) is 6.27. The Hall–Kier alpha value is -0.830. The minimum Gasteiger partial charge on any atom is -0.311 e. The third kappa shape index (κ3) is 4.50. The van der Waals surface area contributed by atoms with E-state index in [0.717, 1.165) is 31.1 Å². The second-order valence-corrected chi connectivity index (χ2v) is 4.86. The lowest BCUT2D eigenvalue weighted by molar-refractivity contribution is 0.441. The molecule has 3 nitrogen and oxygen atoms in total. The minimum absolute atomic E-state index is 0.503. The van der Waals surface area contributed by atoms with E-state index in [2.05, 4.69) is 55.1 Å². The van der Waals surface area contributed by atoms with E-state index in [1.54, 1.807) is 0 Å². The van der Waals surface area contributed by atoms with Crippen LogP contribution in [-0.2, 0) is 6.54 Å². The van der Waals surface area contributed by atoms with E-state index in [1.807, 2.05) is 0 Å². The van der Waals surface area contributed by atoms with Crippen LogP contribution in [0.1, 0.15) is 58.7 Å². The Morgan fingerprint density at radius 2 is 1.94 bits per heavy atom. The van der Waals surface area contributed by atoms with Gasteiger partial charge in [-0.05, 0) is 31.9 Å². The van der Waals surface area contributed by atoms with E-state index in [1.165, 1.54) is 12.8 Å². The zero-order valence-electron chi connectivity index (χ0n) is 11.7. The molecule has 0 saturated carbocycles. The summed E-state index contributed by atoms with van der Waals surface area (Å²) in [7, 11) is 0. The maximum absolute atomic E-state index is 4.58. The Morgan fingerprint density at radius 1 is 1.24 bits per heavy atom. The number of aromatic nitrogens is 2. The zero-order valence-corrected chi connectivity index (χ0v) is 11.7. The molecular weight excluding hydrogens is 210 g/mol. The fourth-order valence-electron chi connectivity index (χ4n) is 1.89. The van der Waals surface area contributed by atoms with Crippen molar-refractivity contribution in [3.8, 4) is 0 Å². The number of nitrogens with zero attached hydrogens (tertiary/aromatic N) is 2. The summed E-state index contributed by atoms with van der Waals surface area (Å²) in [6, 6.07) is 2.62. The fraction of sp³-hybridized carbons (Fsp3) is 0.786. The van der Waals surface area contributed by atoms with Crippen molar-refractivity contribution in [2.75, 3.05) is 6.54 Å². The van der Waals surface area contributed by atoms with Gasteiger partial charge >= 0.3 is 0 Å². The quantitative estimate of drug-likeness (QED) is 0.751. The smallest absolute Gasteiger partial charge is 0.0762 e. The topological polar surface area (TPSA) is 29.9 Å². The van der Waals surface area contributed by atoms with Crippen molar-refractivity contribution in [1.82, 2.24) is 15.1 Å². The van der Waals surface area contributed by atoms with Crippen LogP contribution >= 0.6 is 0 Å². The molecule has 1 N–H and O–H groups in total. The molecule has 1 heterocycles. The number of rotatable bonds is 8. The summed E-state index contributed by atoms with van der Waals surface area (Å²) in [4.78, 5) is 0. The molecule has 0 amide bonds. The average Bonchev–Trinajstić information content (AvgIpc) is 2.82. The van der Waals surface area contributed by atoms with E-state index < -0.39 is 0 Å². The molecule has 1 aromatic rings. The van der Waals surface area contributed by atoms with E-state index in [-0.39, 0.29) is 0 Å². The van der Waals surface area contributed by atoms with Crippen LogP contribution in [0.15, 0.2) is 12.3 Å². The van der Waals surface area contributed by atoms with E-state index >= 15 is 0 Å². The Morgan fingerprint density at radius 3 is 2.53 bits per heavy atom. The molecule has 0 spiro atoms. The van der Waals surface area contributed by atoms with Gasteiger partial charge in [0.05, 0.1) is 5.69 Å². The molecule has 0 saturated heterocycles. The third-order valence-corrected chi connectivity index (χ3v) is 3.60. The lowest BCUT2D eigenvalue weighted by Gasteiger charge is -2.12.